The van der Waals surface area contributed by atoms with E-state index in [1.807, 2.05) is 56.3 Å². The molecule has 0 radical (unpaired) electrons. The topological polar surface area (TPSA) is 79.5 Å². The lowest BCUT2D eigenvalue weighted by Crippen LogP contribution is -2.28. The largest absolute Gasteiger partial charge is 0.370 e. The second-order valence-corrected chi connectivity index (χ2v) is 5.39. The van der Waals surface area contributed by atoms with Crippen LogP contribution >= 0.6 is 0 Å². The fourth-order valence-corrected chi connectivity index (χ4v) is 2.14. The van der Waals surface area contributed by atoms with Crippen LogP contribution in [-0.4, -0.2) is 25.0 Å². The van der Waals surface area contributed by atoms with Gasteiger partial charge in [0.15, 0.2) is 5.96 Å². The van der Waals surface area contributed by atoms with Crippen LogP contribution in [0.5, 0.6) is 0 Å². The van der Waals surface area contributed by atoms with Crippen molar-refractivity contribution in [2.45, 2.75) is 13.8 Å². The normalized spacial score (nSPS) is 11.1. The maximum Gasteiger partial charge on any atom is 0.251 e. The van der Waals surface area contributed by atoms with Crippen molar-refractivity contribution in [3.63, 3.8) is 0 Å². The molecule has 0 spiro atoms. The van der Waals surface area contributed by atoms with Crippen LogP contribution in [0.2, 0.25) is 0 Å². The molecule has 0 aromatic heterocycles. The molecular weight excluding hydrogens is 288 g/mol. The van der Waals surface area contributed by atoms with Gasteiger partial charge in [-0.25, -0.2) is 0 Å². The average Bonchev–Trinajstić information content (AvgIpc) is 2.51. The minimum absolute atomic E-state index is 0.103. The van der Waals surface area contributed by atoms with Crippen molar-refractivity contribution >= 4 is 17.6 Å². The molecule has 0 fully saturated rings. The molecule has 0 aliphatic heterocycles. The monoisotopic (exact) mass is 310 g/mol. The van der Waals surface area contributed by atoms with Gasteiger partial charge < -0.3 is 16.4 Å². The second-order valence-electron chi connectivity index (χ2n) is 5.39. The summed E-state index contributed by atoms with van der Waals surface area (Å²) in [6, 6.07) is 15.3. The predicted octanol–water partition coefficient (Wildman–Crippen LogP) is 2.46. The summed E-state index contributed by atoms with van der Waals surface area (Å²) in [5.74, 6) is 0.231. The first-order valence-electron chi connectivity index (χ1n) is 7.53. The van der Waals surface area contributed by atoms with E-state index in [0.717, 1.165) is 16.8 Å². The number of nitrogens with two attached hydrogens (primary N) is 1. The number of hydrogen-bond donors (Lipinski definition) is 3. The lowest BCUT2D eigenvalue weighted by atomic mass is 10.1. The average molecular weight is 310 g/mol. The number of guanidine groups is 1. The Morgan fingerprint density at radius 3 is 2.48 bits per heavy atom. The van der Waals surface area contributed by atoms with Crippen molar-refractivity contribution in [3.05, 3.63) is 65.2 Å². The van der Waals surface area contributed by atoms with Gasteiger partial charge in [0.05, 0.1) is 6.54 Å². The highest BCUT2D eigenvalue weighted by atomic mass is 16.1. The van der Waals surface area contributed by atoms with Crippen LogP contribution in [0.1, 0.15) is 21.5 Å². The molecule has 5 nitrogen and oxygen atoms in total. The molecule has 1 amide bonds. The van der Waals surface area contributed by atoms with Crippen molar-refractivity contribution in [2.24, 2.45) is 10.7 Å². The summed E-state index contributed by atoms with van der Waals surface area (Å²) in [6.07, 6.45) is 0. The molecule has 120 valence electrons. The lowest BCUT2D eigenvalue weighted by molar-refractivity contribution is 0.0954. The van der Waals surface area contributed by atoms with E-state index < -0.39 is 0 Å². The third-order valence-electron chi connectivity index (χ3n) is 3.25. The third-order valence-corrected chi connectivity index (χ3v) is 3.25. The molecule has 0 saturated carbocycles. The van der Waals surface area contributed by atoms with E-state index in [1.165, 1.54) is 0 Å². The Morgan fingerprint density at radius 1 is 1.09 bits per heavy atom. The number of nitrogens with one attached hydrogen (secondary N) is 2. The molecule has 2 aromatic rings. The van der Waals surface area contributed by atoms with E-state index in [0.29, 0.717) is 24.6 Å². The van der Waals surface area contributed by atoms with E-state index >= 15 is 0 Å². The van der Waals surface area contributed by atoms with Crippen LogP contribution in [0.25, 0.3) is 0 Å². The van der Waals surface area contributed by atoms with Crippen molar-refractivity contribution < 1.29 is 4.79 Å². The summed E-state index contributed by atoms with van der Waals surface area (Å²) in [5.41, 5.74) is 9.58. The van der Waals surface area contributed by atoms with Gasteiger partial charge in [0, 0.05) is 17.8 Å². The Balaban J connectivity index is 1.78. The Hall–Kier alpha value is -2.82. The van der Waals surface area contributed by atoms with Crippen molar-refractivity contribution in [1.29, 1.82) is 0 Å². The van der Waals surface area contributed by atoms with Gasteiger partial charge in [-0.05, 0) is 43.7 Å². The van der Waals surface area contributed by atoms with E-state index in [-0.39, 0.29) is 5.91 Å². The van der Waals surface area contributed by atoms with Crippen molar-refractivity contribution in [1.82, 2.24) is 5.32 Å². The number of anilines is 1. The highest BCUT2D eigenvalue weighted by Gasteiger charge is 2.04. The molecule has 0 unspecified atom stereocenters. The summed E-state index contributed by atoms with van der Waals surface area (Å²) in [5, 5.41) is 5.85. The van der Waals surface area contributed by atoms with Gasteiger partial charge in [-0.2, -0.15) is 0 Å². The molecule has 23 heavy (non-hydrogen) atoms. The number of carbonyl (C=O) groups is 1. The van der Waals surface area contributed by atoms with Gasteiger partial charge in [-0.1, -0.05) is 29.8 Å². The molecule has 2 aromatic carbocycles. The van der Waals surface area contributed by atoms with Crippen LogP contribution in [0.15, 0.2) is 53.5 Å². The number of nitrogens with zero attached hydrogens (tertiary/aromatic N) is 1. The first-order chi connectivity index (χ1) is 11.0. The molecule has 0 aliphatic carbocycles. The second kappa shape index (κ2) is 7.98. The summed E-state index contributed by atoms with van der Waals surface area (Å²) in [7, 11) is 0. The van der Waals surface area contributed by atoms with E-state index in [9.17, 15) is 4.79 Å². The number of carbonyl (C=O) groups excluding carboxylic acids is 1. The number of aryl methyl sites for hydroxylation is 2. The van der Waals surface area contributed by atoms with Gasteiger partial charge in [0.25, 0.3) is 5.91 Å². The van der Waals surface area contributed by atoms with Gasteiger partial charge in [-0.3, -0.25) is 9.79 Å². The highest BCUT2D eigenvalue weighted by Crippen LogP contribution is 2.08. The van der Waals surface area contributed by atoms with Crippen LogP contribution in [0.4, 0.5) is 5.69 Å². The minimum Gasteiger partial charge on any atom is -0.370 e. The van der Waals surface area contributed by atoms with Gasteiger partial charge in [0.1, 0.15) is 0 Å². The number of hydrogen-bond acceptors (Lipinski definition) is 2. The van der Waals surface area contributed by atoms with Gasteiger partial charge in [-0.15, -0.1) is 0 Å². The molecular formula is C18H22N4O. The zero-order chi connectivity index (χ0) is 16.7. The molecule has 2 rings (SSSR count). The number of rotatable bonds is 5. The quantitative estimate of drug-likeness (QED) is 0.451. The molecule has 5 heteroatoms. The summed E-state index contributed by atoms with van der Waals surface area (Å²) in [4.78, 5) is 16.2. The third kappa shape index (κ3) is 5.47. The number of amides is 1. The fourth-order valence-electron chi connectivity index (χ4n) is 2.14. The van der Waals surface area contributed by atoms with Crippen molar-refractivity contribution in [3.8, 4) is 0 Å². The molecule has 0 bridgehead atoms. The minimum atomic E-state index is -0.103. The van der Waals surface area contributed by atoms with E-state index in [4.69, 9.17) is 5.73 Å². The van der Waals surface area contributed by atoms with E-state index in [2.05, 4.69) is 15.6 Å². The Morgan fingerprint density at radius 2 is 1.78 bits per heavy atom. The summed E-state index contributed by atoms with van der Waals surface area (Å²) in [6.45, 7) is 4.82. The smallest absolute Gasteiger partial charge is 0.251 e. The number of aliphatic imine (C=N–C) groups is 1. The zero-order valence-corrected chi connectivity index (χ0v) is 13.5. The van der Waals surface area contributed by atoms with Crippen LogP contribution in [0.3, 0.4) is 0 Å². The lowest BCUT2D eigenvalue weighted by Gasteiger charge is -2.07. The zero-order valence-electron chi connectivity index (χ0n) is 13.5. The first-order valence-corrected chi connectivity index (χ1v) is 7.53. The van der Waals surface area contributed by atoms with Crippen LogP contribution < -0.4 is 16.4 Å². The molecule has 0 heterocycles. The predicted molar refractivity (Wildman–Crippen MR) is 94.8 cm³/mol. The van der Waals surface area contributed by atoms with Gasteiger partial charge >= 0.3 is 0 Å². The molecule has 0 saturated heterocycles. The Labute approximate surface area is 136 Å². The fraction of sp³-hybridized carbons (Fsp3) is 0.222. The van der Waals surface area contributed by atoms with E-state index in [1.54, 1.807) is 6.07 Å². The Bertz CT molecular complexity index is 710. The molecule has 4 N–H and O–H groups in total. The standard InChI is InChI=1S/C18H22N4O/c1-13-5-3-7-15(11-13)17(23)20-9-10-21-18(19)22-16-8-4-6-14(2)12-16/h3-8,11-12H,9-10H2,1-2H3,(H,20,23)(H3,19,21,22). The first kappa shape index (κ1) is 16.5. The van der Waals surface area contributed by atoms with Crippen LogP contribution in [-0.2, 0) is 0 Å². The van der Waals surface area contributed by atoms with Gasteiger partial charge in [0.2, 0.25) is 0 Å². The maximum atomic E-state index is 12.0. The maximum absolute atomic E-state index is 12.0. The Kier molecular flexibility index (Phi) is 5.74. The van der Waals surface area contributed by atoms with Crippen LogP contribution in [0, 0.1) is 13.8 Å². The summed E-state index contributed by atoms with van der Waals surface area (Å²) < 4.78 is 0. The number of benzene rings is 2. The van der Waals surface area contributed by atoms with Crippen molar-refractivity contribution in [2.75, 3.05) is 18.4 Å². The highest BCUT2D eigenvalue weighted by molar-refractivity contribution is 5.94. The molecule has 0 aliphatic rings. The molecule has 0 atom stereocenters. The SMILES string of the molecule is Cc1cccc(NC(N)=NCCNC(=O)c2cccc(C)c2)c1. The summed E-state index contributed by atoms with van der Waals surface area (Å²) >= 11 is 0.